The zero-order valence-electron chi connectivity index (χ0n) is 11.6. The molecule has 2 heterocycles. The Balaban J connectivity index is 1.69. The van der Waals surface area contributed by atoms with Gasteiger partial charge in [-0.1, -0.05) is 29.3 Å². The number of carbonyl (C=O) groups excluding carboxylic acids is 1. The van der Waals surface area contributed by atoms with Crippen molar-refractivity contribution in [2.45, 2.75) is 0 Å². The number of halogens is 2. The van der Waals surface area contributed by atoms with E-state index in [0.717, 1.165) is 11.3 Å². The van der Waals surface area contributed by atoms with Crippen molar-refractivity contribution >= 4 is 51.7 Å². The summed E-state index contributed by atoms with van der Waals surface area (Å²) in [6.45, 7) is 0. The molecule has 116 valence electrons. The van der Waals surface area contributed by atoms with Crippen LogP contribution in [0.15, 0.2) is 52.5 Å². The molecule has 0 bridgehead atoms. The summed E-state index contributed by atoms with van der Waals surface area (Å²) in [4.78, 5) is 16.2. The number of hydrogen-bond donors (Lipinski definition) is 1. The van der Waals surface area contributed by atoms with Gasteiger partial charge in [0.1, 0.15) is 5.76 Å². The van der Waals surface area contributed by atoms with Crippen LogP contribution in [-0.2, 0) is 4.79 Å². The van der Waals surface area contributed by atoms with Crippen molar-refractivity contribution in [1.82, 2.24) is 4.98 Å². The molecule has 3 aromatic rings. The van der Waals surface area contributed by atoms with E-state index in [9.17, 15) is 4.79 Å². The van der Waals surface area contributed by atoms with Crippen molar-refractivity contribution in [3.05, 3.63) is 63.9 Å². The monoisotopic (exact) mass is 364 g/mol. The van der Waals surface area contributed by atoms with Gasteiger partial charge in [-0.25, -0.2) is 4.98 Å². The lowest BCUT2D eigenvalue weighted by Gasteiger charge is -1.99. The van der Waals surface area contributed by atoms with E-state index in [1.807, 2.05) is 11.4 Å². The third-order valence-corrected chi connectivity index (χ3v) is 4.39. The number of furan rings is 1. The lowest BCUT2D eigenvalue weighted by atomic mass is 10.2. The lowest BCUT2D eigenvalue weighted by molar-refractivity contribution is -0.111. The second-order valence-corrected chi connectivity index (χ2v) is 6.18. The number of nitrogens with one attached hydrogen (secondary N) is 1. The fourth-order valence-corrected chi connectivity index (χ4v) is 2.83. The average molecular weight is 365 g/mol. The van der Waals surface area contributed by atoms with E-state index in [1.54, 1.807) is 36.6 Å². The van der Waals surface area contributed by atoms with Crippen LogP contribution in [0.3, 0.4) is 0 Å². The van der Waals surface area contributed by atoms with Crippen LogP contribution in [0.5, 0.6) is 0 Å². The van der Waals surface area contributed by atoms with Gasteiger partial charge in [-0.2, -0.15) is 0 Å². The highest BCUT2D eigenvalue weighted by atomic mass is 35.5. The molecule has 0 saturated heterocycles. The van der Waals surface area contributed by atoms with E-state index in [4.69, 9.17) is 27.6 Å². The van der Waals surface area contributed by atoms with E-state index >= 15 is 0 Å². The van der Waals surface area contributed by atoms with Gasteiger partial charge in [-0.05, 0) is 30.3 Å². The predicted octanol–water partition coefficient (Wildman–Crippen LogP) is 5.36. The van der Waals surface area contributed by atoms with Gasteiger partial charge >= 0.3 is 0 Å². The zero-order chi connectivity index (χ0) is 16.2. The maximum Gasteiger partial charge on any atom is 0.250 e. The minimum Gasteiger partial charge on any atom is -0.465 e. The Kier molecular flexibility index (Phi) is 4.81. The number of hydrogen-bond acceptors (Lipinski definition) is 4. The Labute approximate surface area is 146 Å². The molecule has 1 aromatic carbocycles. The van der Waals surface area contributed by atoms with E-state index in [1.165, 1.54) is 17.4 Å². The first kappa shape index (κ1) is 15.8. The fraction of sp³-hybridized carbons (Fsp3) is 0. The third kappa shape index (κ3) is 4.01. The number of rotatable bonds is 4. The van der Waals surface area contributed by atoms with E-state index in [-0.39, 0.29) is 5.91 Å². The fourth-order valence-electron chi connectivity index (χ4n) is 1.81. The summed E-state index contributed by atoms with van der Waals surface area (Å²) in [5.41, 5.74) is 1.56. The summed E-state index contributed by atoms with van der Waals surface area (Å²) < 4.78 is 5.11. The Morgan fingerprint density at radius 3 is 2.87 bits per heavy atom. The summed E-state index contributed by atoms with van der Waals surface area (Å²) in [5, 5.41) is 5.99. The van der Waals surface area contributed by atoms with Gasteiger partial charge in [-0.3, -0.25) is 10.1 Å². The molecule has 0 unspecified atom stereocenters. The second-order valence-electron chi connectivity index (χ2n) is 4.50. The molecule has 0 aliphatic carbocycles. The molecule has 0 atom stereocenters. The first-order valence-corrected chi connectivity index (χ1v) is 8.19. The summed E-state index contributed by atoms with van der Waals surface area (Å²) >= 11 is 13.2. The topological polar surface area (TPSA) is 55.1 Å². The SMILES string of the molecule is O=C(/C=C/c1ccco1)Nc1nc(-c2ccc(Cl)c(Cl)c2)cs1. The largest absolute Gasteiger partial charge is 0.465 e. The van der Waals surface area contributed by atoms with Gasteiger partial charge in [0.2, 0.25) is 5.91 Å². The summed E-state index contributed by atoms with van der Waals surface area (Å²) in [6.07, 6.45) is 4.52. The molecule has 1 amide bonds. The molecule has 0 fully saturated rings. The van der Waals surface area contributed by atoms with Crippen LogP contribution in [0.4, 0.5) is 5.13 Å². The van der Waals surface area contributed by atoms with Crippen molar-refractivity contribution in [1.29, 1.82) is 0 Å². The molecular weight excluding hydrogens is 355 g/mol. The molecule has 0 aliphatic heterocycles. The lowest BCUT2D eigenvalue weighted by Crippen LogP contribution is -2.07. The minimum atomic E-state index is -0.281. The zero-order valence-corrected chi connectivity index (χ0v) is 14.0. The molecular formula is C16H10Cl2N2O2S. The molecule has 7 heteroatoms. The third-order valence-electron chi connectivity index (χ3n) is 2.89. The van der Waals surface area contributed by atoms with Gasteiger partial charge in [0.05, 0.1) is 22.0 Å². The van der Waals surface area contributed by atoms with Crippen molar-refractivity contribution < 1.29 is 9.21 Å². The molecule has 3 rings (SSSR count). The molecule has 0 saturated carbocycles. The number of nitrogens with zero attached hydrogens (tertiary/aromatic N) is 1. The van der Waals surface area contributed by atoms with Crippen LogP contribution in [0.2, 0.25) is 10.0 Å². The maximum atomic E-state index is 11.8. The van der Waals surface area contributed by atoms with Gasteiger partial charge in [0.25, 0.3) is 0 Å². The number of anilines is 1. The Bertz CT molecular complexity index is 857. The van der Waals surface area contributed by atoms with Crippen LogP contribution >= 0.6 is 34.5 Å². The van der Waals surface area contributed by atoms with Crippen LogP contribution in [-0.4, -0.2) is 10.9 Å². The number of thiazole rings is 1. The number of amides is 1. The first-order valence-electron chi connectivity index (χ1n) is 6.55. The highest BCUT2D eigenvalue weighted by molar-refractivity contribution is 7.14. The Hall–Kier alpha value is -2.08. The normalized spacial score (nSPS) is 11.0. The van der Waals surface area contributed by atoms with Gasteiger partial charge in [0, 0.05) is 17.0 Å². The van der Waals surface area contributed by atoms with Crippen molar-refractivity contribution in [3.63, 3.8) is 0 Å². The van der Waals surface area contributed by atoms with Crippen LogP contribution in [0.1, 0.15) is 5.76 Å². The first-order chi connectivity index (χ1) is 11.1. The van der Waals surface area contributed by atoms with E-state index in [2.05, 4.69) is 10.3 Å². The highest BCUT2D eigenvalue weighted by Crippen LogP contribution is 2.30. The van der Waals surface area contributed by atoms with Crippen LogP contribution < -0.4 is 5.32 Å². The van der Waals surface area contributed by atoms with Crippen LogP contribution in [0, 0.1) is 0 Å². The second kappa shape index (κ2) is 7.00. The van der Waals surface area contributed by atoms with E-state index < -0.39 is 0 Å². The van der Waals surface area contributed by atoms with Crippen molar-refractivity contribution in [2.75, 3.05) is 5.32 Å². The Morgan fingerprint density at radius 2 is 2.13 bits per heavy atom. The quantitative estimate of drug-likeness (QED) is 0.633. The molecule has 23 heavy (non-hydrogen) atoms. The summed E-state index contributed by atoms with van der Waals surface area (Å²) in [6, 6.07) is 8.79. The number of benzene rings is 1. The van der Waals surface area contributed by atoms with E-state index in [0.29, 0.717) is 20.9 Å². The Morgan fingerprint density at radius 1 is 1.26 bits per heavy atom. The van der Waals surface area contributed by atoms with Crippen LogP contribution in [0.25, 0.3) is 17.3 Å². The molecule has 0 spiro atoms. The standard InChI is InChI=1S/C16H10Cl2N2O2S/c17-12-5-3-10(8-13(12)18)14-9-23-16(19-14)20-15(21)6-4-11-2-1-7-22-11/h1-9H,(H,19,20,21)/b6-4+. The highest BCUT2D eigenvalue weighted by Gasteiger charge is 2.08. The minimum absolute atomic E-state index is 0.281. The molecule has 0 radical (unpaired) electrons. The number of aromatic nitrogens is 1. The predicted molar refractivity (Wildman–Crippen MR) is 93.9 cm³/mol. The van der Waals surface area contributed by atoms with Crippen molar-refractivity contribution in [2.24, 2.45) is 0 Å². The molecule has 0 aliphatic rings. The van der Waals surface area contributed by atoms with Crippen molar-refractivity contribution in [3.8, 4) is 11.3 Å². The van der Waals surface area contributed by atoms with Gasteiger partial charge in [-0.15, -0.1) is 11.3 Å². The van der Waals surface area contributed by atoms with Gasteiger partial charge in [0.15, 0.2) is 5.13 Å². The number of carbonyl (C=O) groups is 1. The average Bonchev–Trinajstić information content (AvgIpc) is 3.19. The summed E-state index contributed by atoms with van der Waals surface area (Å²) in [7, 11) is 0. The smallest absolute Gasteiger partial charge is 0.250 e. The van der Waals surface area contributed by atoms with Gasteiger partial charge < -0.3 is 4.42 Å². The maximum absolute atomic E-state index is 11.8. The molecule has 2 aromatic heterocycles. The molecule has 1 N–H and O–H groups in total. The summed E-state index contributed by atoms with van der Waals surface area (Å²) in [5.74, 6) is 0.326. The molecule has 4 nitrogen and oxygen atoms in total.